The quantitative estimate of drug-likeness (QED) is 0.151. The zero-order valence-electron chi connectivity index (χ0n) is 32.5. The summed E-state index contributed by atoms with van der Waals surface area (Å²) in [5.41, 5.74) is 2.49. The van der Waals surface area contributed by atoms with Gasteiger partial charge in [-0.1, -0.05) is 60.3 Å². The number of nitrogens with two attached hydrogens (primary N) is 1. The summed E-state index contributed by atoms with van der Waals surface area (Å²) in [6.07, 6.45) is 11.5. The molecular formula is C40H72FNO8. The maximum atomic E-state index is 12.3. The van der Waals surface area contributed by atoms with Crippen LogP contribution in [0.3, 0.4) is 0 Å². The van der Waals surface area contributed by atoms with Gasteiger partial charge in [-0.15, -0.1) is 0 Å². The number of phenols is 1. The minimum absolute atomic E-state index is 0.0893. The van der Waals surface area contributed by atoms with Gasteiger partial charge >= 0.3 is 0 Å². The van der Waals surface area contributed by atoms with Gasteiger partial charge in [0.05, 0.1) is 24.4 Å². The van der Waals surface area contributed by atoms with Gasteiger partial charge in [-0.05, 0) is 124 Å². The first kappa shape index (κ1) is 46.2. The fourth-order valence-corrected chi connectivity index (χ4v) is 8.97. The van der Waals surface area contributed by atoms with Crippen molar-refractivity contribution in [3.05, 3.63) is 30.1 Å². The number of amides is 1. The number of halogens is 1. The fraction of sp³-hybridized carbons (Fsp3) is 0.825. The van der Waals surface area contributed by atoms with E-state index in [1.807, 2.05) is 0 Å². The highest BCUT2D eigenvalue weighted by molar-refractivity contribution is 5.42. The highest BCUT2D eigenvalue weighted by atomic mass is 19.1. The van der Waals surface area contributed by atoms with E-state index in [1.165, 1.54) is 30.7 Å². The maximum absolute atomic E-state index is 12.3. The summed E-state index contributed by atoms with van der Waals surface area (Å²) in [5, 5.41) is 39.8. The van der Waals surface area contributed by atoms with E-state index in [2.05, 4.69) is 54.2 Å². The molecule has 1 aromatic carbocycles. The molecule has 2 saturated carbocycles. The standard InChI is InChI=1S/C32H60O5.C6H5FO.CH3NO.CH4O/c1-9-10-25(6)36-20-31(33)19-21(2)11-16-27(31)22(3)12-13-23(4)28-17-14-24(5)29-18-15-26(7)37-30(35-8)32(28,29)34;7-5-1-3-6(8)4-2-5;2-1-3;1-2/h21-30,33-34H,9-20H2,1-8H3;1-4,8H;1H,(H2,2,3);2H,1H3/t21-,22?,23?,24-,25?,26?,27+,28+,29?,30-,31+,32+;;;/m1.../s1. The Kier molecular flexibility index (Phi) is 21.2. The van der Waals surface area contributed by atoms with Gasteiger partial charge < -0.3 is 40.4 Å². The number of hydrogen-bond donors (Lipinski definition) is 5. The van der Waals surface area contributed by atoms with Crippen molar-refractivity contribution >= 4 is 6.41 Å². The molecule has 4 rings (SSSR count). The lowest BCUT2D eigenvalue weighted by Gasteiger charge is -2.52. The molecule has 1 amide bonds. The molecule has 292 valence electrons. The molecule has 0 bridgehead atoms. The Morgan fingerprint density at radius 1 is 0.940 bits per heavy atom. The third-order valence-corrected chi connectivity index (χ3v) is 11.6. The van der Waals surface area contributed by atoms with Gasteiger partial charge in [0.15, 0.2) is 6.29 Å². The number of rotatable bonds is 11. The predicted octanol–water partition coefficient (Wildman–Crippen LogP) is 7.22. The number of phenolic OH excluding ortho intramolecular Hbond substituents is 1. The van der Waals surface area contributed by atoms with Crippen LogP contribution >= 0.6 is 0 Å². The van der Waals surface area contributed by atoms with Gasteiger partial charge in [-0.3, -0.25) is 4.79 Å². The lowest BCUT2D eigenvalue weighted by Crippen LogP contribution is -2.60. The number of aliphatic hydroxyl groups excluding tert-OH is 1. The van der Waals surface area contributed by atoms with Gasteiger partial charge in [-0.2, -0.15) is 0 Å². The van der Waals surface area contributed by atoms with E-state index in [0.29, 0.717) is 30.3 Å². The van der Waals surface area contributed by atoms with Crippen molar-refractivity contribution in [1.29, 1.82) is 0 Å². The SMILES string of the molecule is CCCC(C)OC[C@@]1(O)C[C@H](C)CC[C@H]1C(C)CCC(C)[C@@H]1CC[C@@H](C)C2CCC(C)O[C@@H](OC)[C@@]21O.CO.NC=O.Oc1ccc(F)cc1. The van der Waals surface area contributed by atoms with Crippen molar-refractivity contribution in [2.24, 2.45) is 47.2 Å². The highest BCUT2D eigenvalue weighted by Crippen LogP contribution is 2.52. The smallest absolute Gasteiger partial charge is 0.204 e. The summed E-state index contributed by atoms with van der Waals surface area (Å²) in [6.45, 7) is 16.1. The van der Waals surface area contributed by atoms with E-state index in [1.54, 1.807) is 7.11 Å². The van der Waals surface area contributed by atoms with Crippen molar-refractivity contribution in [2.45, 2.75) is 149 Å². The van der Waals surface area contributed by atoms with E-state index >= 15 is 0 Å². The van der Waals surface area contributed by atoms with E-state index < -0.39 is 17.5 Å². The Morgan fingerprint density at radius 2 is 1.50 bits per heavy atom. The molecule has 3 fully saturated rings. The van der Waals surface area contributed by atoms with E-state index in [4.69, 9.17) is 29.2 Å². The molecule has 0 radical (unpaired) electrons. The summed E-state index contributed by atoms with van der Waals surface area (Å²) in [5.74, 6) is 2.21. The van der Waals surface area contributed by atoms with Crippen LogP contribution in [0.1, 0.15) is 119 Å². The van der Waals surface area contributed by atoms with Crippen LogP contribution in [0.25, 0.3) is 0 Å². The average Bonchev–Trinajstić information content (AvgIpc) is 3.21. The van der Waals surface area contributed by atoms with E-state index in [-0.39, 0.29) is 47.9 Å². The summed E-state index contributed by atoms with van der Waals surface area (Å²) in [7, 11) is 2.69. The number of aromatic hydroxyl groups is 1. The number of benzene rings is 1. The summed E-state index contributed by atoms with van der Waals surface area (Å²) < 4.78 is 30.3. The van der Waals surface area contributed by atoms with Gasteiger partial charge in [0.1, 0.15) is 17.2 Å². The Labute approximate surface area is 302 Å². The van der Waals surface area contributed by atoms with Crippen LogP contribution in [0.5, 0.6) is 5.75 Å². The molecule has 1 heterocycles. The zero-order chi connectivity index (χ0) is 38.1. The summed E-state index contributed by atoms with van der Waals surface area (Å²) in [4.78, 5) is 8.58. The largest absolute Gasteiger partial charge is 0.508 e. The number of aliphatic hydroxyl groups is 3. The number of hydrogen-bond acceptors (Lipinski definition) is 8. The van der Waals surface area contributed by atoms with Crippen molar-refractivity contribution in [3.63, 3.8) is 0 Å². The Bertz CT molecular complexity index is 1030. The third kappa shape index (κ3) is 13.3. The molecule has 0 spiro atoms. The first-order valence-electron chi connectivity index (χ1n) is 19.0. The van der Waals surface area contributed by atoms with Gasteiger partial charge in [0.25, 0.3) is 0 Å². The number of methoxy groups -OCH3 is 1. The van der Waals surface area contributed by atoms with Crippen LogP contribution in [0.4, 0.5) is 4.39 Å². The molecule has 12 atom stereocenters. The lowest BCUT2D eigenvalue weighted by molar-refractivity contribution is -0.285. The molecule has 9 nitrogen and oxygen atoms in total. The molecule has 1 aliphatic heterocycles. The summed E-state index contributed by atoms with van der Waals surface area (Å²) >= 11 is 0. The monoisotopic (exact) mass is 714 g/mol. The Hall–Kier alpha value is -1.82. The van der Waals surface area contributed by atoms with Crippen LogP contribution in [-0.2, 0) is 19.0 Å². The first-order valence-corrected chi connectivity index (χ1v) is 19.0. The number of fused-ring (bicyclic) bond motifs is 1. The van der Waals surface area contributed by atoms with Gasteiger partial charge in [0, 0.05) is 14.2 Å². The zero-order valence-corrected chi connectivity index (χ0v) is 32.5. The molecule has 10 heteroatoms. The second-order valence-corrected chi connectivity index (χ2v) is 15.4. The van der Waals surface area contributed by atoms with E-state index in [9.17, 15) is 14.6 Å². The molecule has 50 heavy (non-hydrogen) atoms. The molecule has 1 aromatic rings. The van der Waals surface area contributed by atoms with E-state index in [0.717, 1.165) is 71.3 Å². The molecule has 1 saturated heterocycles. The highest BCUT2D eigenvalue weighted by Gasteiger charge is 2.57. The van der Waals surface area contributed by atoms with Gasteiger partial charge in [0.2, 0.25) is 6.41 Å². The summed E-state index contributed by atoms with van der Waals surface area (Å²) in [6, 6.07) is 5.01. The second kappa shape index (κ2) is 23.0. The number of carbonyl (C=O) groups is 1. The molecule has 0 aromatic heterocycles. The van der Waals surface area contributed by atoms with Crippen LogP contribution in [0, 0.1) is 47.2 Å². The van der Waals surface area contributed by atoms with Gasteiger partial charge in [-0.25, -0.2) is 4.39 Å². The number of ether oxygens (including phenoxy) is 3. The Morgan fingerprint density at radius 3 is 2.04 bits per heavy atom. The molecule has 6 N–H and O–H groups in total. The molecular weight excluding hydrogens is 641 g/mol. The second-order valence-electron chi connectivity index (χ2n) is 15.4. The van der Waals surface area contributed by atoms with Crippen LogP contribution < -0.4 is 5.73 Å². The van der Waals surface area contributed by atoms with Crippen LogP contribution in [0.2, 0.25) is 0 Å². The molecule has 2 aliphatic carbocycles. The van der Waals surface area contributed by atoms with Crippen molar-refractivity contribution < 1.29 is 43.8 Å². The third-order valence-electron chi connectivity index (χ3n) is 11.6. The topological polar surface area (TPSA) is 152 Å². The molecule has 3 aliphatic rings. The molecule has 5 unspecified atom stereocenters. The van der Waals surface area contributed by atoms with Crippen molar-refractivity contribution in [2.75, 3.05) is 20.8 Å². The number of primary amides is 1. The predicted molar refractivity (Wildman–Crippen MR) is 197 cm³/mol. The lowest BCUT2D eigenvalue weighted by atomic mass is 9.58. The average molecular weight is 714 g/mol. The first-order chi connectivity index (χ1) is 23.7. The maximum Gasteiger partial charge on any atom is 0.204 e. The Balaban J connectivity index is 0.000000813. The number of carbonyl (C=O) groups excluding carboxylic acids is 1. The van der Waals surface area contributed by atoms with Crippen molar-refractivity contribution in [1.82, 2.24) is 0 Å². The fourth-order valence-electron chi connectivity index (χ4n) is 8.97. The minimum Gasteiger partial charge on any atom is -0.508 e. The normalized spacial score (nSPS) is 34.0. The van der Waals surface area contributed by atoms with Crippen molar-refractivity contribution in [3.8, 4) is 5.75 Å². The van der Waals surface area contributed by atoms with Crippen LogP contribution in [-0.4, -0.2) is 77.4 Å². The minimum atomic E-state index is -0.940. The van der Waals surface area contributed by atoms with Crippen LogP contribution in [0.15, 0.2) is 24.3 Å².